The number of anilines is 3. The van der Waals surface area contributed by atoms with E-state index in [-0.39, 0.29) is 11.6 Å². The molecular weight excluding hydrogens is 364 g/mol. The molecule has 3 rings (SSSR count). The minimum Gasteiger partial charge on any atom is -0.497 e. The van der Waals surface area contributed by atoms with Crippen molar-refractivity contribution in [2.75, 3.05) is 17.7 Å². The van der Waals surface area contributed by atoms with Crippen molar-refractivity contribution >= 4 is 34.7 Å². The van der Waals surface area contributed by atoms with Gasteiger partial charge in [-0.3, -0.25) is 4.79 Å². The minimum atomic E-state index is -0.329. The molecule has 0 fully saturated rings. The van der Waals surface area contributed by atoms with E-state index in [1.807, 2.05) is 19.1 Å². The molecule has 0 bridgehead atoms. The maximum absolute atomic E-state index is 12.6. The summed E-state index contributed by atoms with van der Waals surface area (Å²) in [5.74, 6) is 1.35. The van der Waals surface area contributed by atoms with Crippen LogP contribution in [0.15, 0.2) is 48.5 Å². The summed E-state index contributed by atoms with van der Waals surface area (Å²) in [6, 6.07) is 14.3. The van der Waals surface area contributed by atoms with Gasteiger partial charge in [-0.15, -0.1) is 0 Å². The predicted molar refractivity (Wildman–Crippen MR) is 107 cm³/mol. The van der Waals surface area contributed by atoms with Crippen molar-refractivity contribution in [3.05, 3.63) is 70.6 Å². The third-order valence-corrected chi connectivity index (χ3v) is 4.08. The highest BCUT2D eigenvalue weighted by atomic mass is 35.5. The first-order chi connectivity index (χ1) is 12.9. The molecule has 1 aromatic heterocycles. The number of nitrogens with zero attached hydrogens (tertiary/aromatic N) is 2. The summed E-state index contributed by atoms with van der Waals surface area (Å²) in [7, 11) is 1.57. The molecule has 6 nitrogen and oxygen atoms in total. The summed E-state index contributed by atoms with van der Waals surface area (Å²) in [5.41, 5.74) is 2.72. The lowest BCUT2D eigenvalue weighted by Gasteiger charge is -2.11. The van der Waals surface area contributed by atoms with Crippen molar-refractivity contribution in [3.8, 4) is 5.75 Å². The van der Waals surface area contributed by atoms with Crippen molar-refractivity contribution < 1.29 is 9.53 Å². The number of halogens is 1. The van der Waals surface area contributed by atoms with E-state index in [0.717, 1.165) is 11.3 Å². The molecule has 1 amide bonds. The van der Waals surface area contributed by atoms with Crippen LogP contribution in [0.5, 0.6) is 5.75 Å². The van der Waals surface area contributed by atoms with Crippen molar-refractivity contribution in [2.45, 2.75) is 13.8 Å². The van der Waals surface area contributed by atoms with E-state index in [9.17, 15) is 4.79 Å². The minimum absolute atomic E-state index is 0.263. The largest absolute Gasteiger partial charge is 0.497 e. The first-order valence-corrected chi connectivity index (χ1v) is 8.66. The number of carbonyl (C=O) groups excluding carboxylic acids is 1. The number of ether oxygens (including phenoxy) is 1. The summed E-state index contributed by atoms with van der Waals surface area (Å²) in [6.07, 6.45) is 0. The van der Waals surface area contributed by atoms with Crippen molar-refractivity contribution in [1.82, 2.24) is 9.97 Å². The number of methoxy groups -OCH3 is 1. The van der Waals surface area contributed by atoms with Gasteiger partial charge >= 0.3 is 0 Å². The van der Waals surface area contributed by atoms with E-state index in [2.05, 4.69) is 20.6 Å². The summed E-state index contributed by atoms with van der Waals surface area (Å²) in [6.45, 7) is 3.68. The zero-order chi connectivity index (χ0) is 19.4. The average molecular weight is 383 g/mol. The van der Waals surface area contributed by atoms with Gasteiger partial charge in [0.25, 0.3) is 5.91 Å². The number of benzene rings is 2. The number of aryl methyl sites for hydroxylation is 2. The Morgan fingerprint density at radius 2 is 1.89 bits per heavy atom. The normalized spacial score (nSPS) is 10.4. The van der Waals surface area contributed by atoms with Gasteiger partial charge in [0.05, 0.1) is 7.11 Å². The molecule has 0 unspecified atom stereocenters. The second-order valence-corrected chi connectivity index (χ2v) is 6.39. The molecule has 2 N–H and O–H groups in total. The van der Waals surface area contributed by atoms with Crippen molar-refractivity contribution in [2.24, 2.45) is 0 Å². The van der Waals surface area contributed by atoms with Gasteiger partial charge in [-0.05, 0) is 49.7 Å². The van der Waals surface area contributed by atoms with Crippen LogP contribution in [0.4, 0.5) is 17.2 Å². The number of amides is 1. The molecule has 0 atom stereocenters. The first-order valence-electron chi connectivity index (χ1n) is 8.29. The van der Waals surface area contributed by atoms with Crippen LogP contribution in [-0.2, 0) is 0 Å². The van der Waals surface area contributed by atoms with Crippen LogP contribution in [-0.4, -0.2) is 23.0 Å². The highest BCUT2D eigenvalue weighted by Gasteiger charge is 2.12. The molecule has 0 aliphatic carbocycles. The Bertz CT molecular complexity index is 991. The number of rotatable bonds is 5. The average Bonchev–Trinajstić information content (AvgIpc) is 2.64. The number of carbonyl (C=O) groups is 1. The Kier molecular flexibility index (Phi) is 5.57. The van der Waals surface area contributed by atoms with Gasteiger partial charge in [0, 0.05) is 28.5 Å². The lowest BCUT2D eigenvalue weighted by atomic mass is 10.2. The third-order valence-electron chi connectivity index (χ3n) is 3.85. The van der Waals surface area contributed by atoms with E-state index in [1.165, 1.54) is 0 Å². The summed E-state index contributed by atoms with van der Waals surface area (Å²) < 4.78 is 5.17. The summed E-state index contributed by atoms with van der Waals surface area (Å²) in [4.78, 5) is 21.2. The standard InChI is InChI=1S/C20H19ClN4O2/c1-12-9-14(21)7-8-17(12)25-19-11-18(22-13(2)23-19)20(26)24-15-5-4-6-16(10-15)27-3/h4-11H,1-3H3,(H,24,26)(H,22,23,25). The van der Waals surface area contributed by atoms with Gasteiger partial charge < -0.3 is 15.4 Å². The Balaban J connectivity index is 1.82. The Hall–Kier alpha value is -3.12. The van der Waals surface area contributed by atoms with Crippen LogP contribution in [0.2, 0.25) is 5.02 Å². The van der Waals surface area contributed by atoms with Gasteiger partial charge in [-0.25, -0.2) is 9.97 Å². The van der Waals surface area contributed by atoms with E-state index < -0.39 is 0 Å². The molecular formula is C20H19ClN4O2. The van der Waals surface area contributed by atoms with Gasteiger partial charge in [0.1, 0.15) is 23.1 Å². The van der Waals surface area contributed by atoms with E-state index in [4.69, 9.17) is 16.3 Å². The molecule has 0 saturated heterocycles. The fraction of sp³-hybridized carbons (Fsp3) is 0.150. The summed E-state index contributed by atoms with van der Waals surface area (Å²) >= 11 is 6.00. The molecule has 3 aromatic rings. The smallest absolute Gasteiger partial charge is 0.274 e. The monoisotopic (exact) mass is 382 g/mol. The van der Waals surface area contributed by atoms with Crippen LogP contribution in [0, 0.1) is 13.8 Å². The molecule has 27 heavy (non-hydrogen) atoms. The van der Waals surface area contributed by atoms with Crippen LogP contribution in [0.1, 0.15) is 21.9 Å². The third kappa shape index (κ3) is 4.74. The maximum atomic E-state index is 12.6. The molecule has 2 aromatic carbocycles. The fourth-order valence-electron chi connectivity index (χ4n) is 2.55. The van der Waals surface area contributed by atoms with E-state index in [0.29, 0.717) is 28.1 Å². The highest BCUT2D eigenvalue weighted by Crippen LogP contribution is 2.23. The zero-order valence-corrected chi connectivity index (χ0v) is 16.0. The van der Waals surface area contributed by atoms with Crippen molar-refractivity contribution in [3.63, 3.8) is 0 Å². The molecule has 138 valence electrons. The Morgan fingerprint density at radius 3 is 2.63 bits per heavy atom. The molecule has 0 spiro atoms. The first kappa shape index (κ1) is 18.7. The second kappa shape index (κ2) is 8.05. The SMILES string of the molecule is COc1cccc(NC(=O)c2cc(Nc3ccc(Cl)cc3C)nc(C)n2)c1. The van der Waals surface area contributed by atoms with Gasteiger partial charge in [0.15, 0.2) is 0 Å². The maximum Gasteiger partial charge on any atom is 0.274 e. The zero-order valence-electron chi connectivity index (χ0n) is 15.2. The Morgan fingerprint density at radius 1 is 1.07 bits per heavy atom. The van der Waals surface area contributed by atoms with Crippen LogP contribution < -0.4 is 15.4 Å². The fourth-order valence-corrected chi connectivity index (χ4v) is 2.78. The number of nitrogens with one attached hydrogen (secondary N) is 2. The van der Waals surface area contributed by atoms with Gasteiger partial charge in [-0.2, -0.15) is 0 Å². The van der Waals surface area contributed by atoms with Crippen LogP contribution in [0.3, 0.4) is 0 Å². The van der Waals surface area contributed by atoms with Crippen LogP contribution in [0.25, 0.3) is 0 Å². The number of hydrogen-bond donors (Lipinski definition) is 2. The summed E-state index contributed by atoms with van der Waals surface area (Å²) in [5, 5.41) is 6.69. The second-order valence-electron chi connectivity index (χ2n) is 5.96. The van der Waals surface area contributed by atoms with Crippen molar-refractivity contribution in [1.29, 1.82) is 0 Å². The highest BCUT2D eigenvalue weighted by molar-refractivity contribution is 6.30. The Labute approximate surface area is 162 Å². The van der Waals surface area contributed by atoms with Gasteiger partial charge in [-0.1, -0.05) is 17.7 Å². The lowest BCUT2D eigenvalue weighted by molar-refractivity contribution is 0.102. The molecule has 0 aliphatic rings. The quantitative estimate of drug-likeness (QED) is 0.665. The lowest BCUT2D eigenvalue weighted by Crippen LogP contribution is -2.15. The van der Waals surface area contributed by atoms with E-state index >= 15 is 0 Å². The molecule has 0 saturated carbocycles. The number of aromatic nitrogens is 2. The molecule has 7 heteroatoms. The van der Waals surface area contributed by atoms with E-state index in [1.54, 1.807) is 50.4 Å². The van der Waals surface area contributed by atoms with Gasteiger partial charge in [0.2, 0.25) is 0 Å². The molecule has 0 radical (unpaired) electrons. The van der Waals surface area contributed by atoms with Crippen LogP contribution >= 0.6 is 11.6 Å². The molecule has 1 heterocycles. The predicted octanol–water partition coefficient (Wildman–Crippen LogP) is 4.75. The number of hydrogen-bond acceptors (Lipinski definition) is 5. The molecule has 0 aliphatic heterocycles. The topological polar surface area (TPSA) is 76.1 Å².